The fraction of sp³-hybridized carbons (Fsp3) is 0.368. The highest BCUT2D eigenvalue weighted by atomic mass is 19.4. The van der Waals surface area contributed by atoms with Gasteiger partial charge in [0.25, 0.3) is 6.02 Å². The van der Waals surface area contributed by atoms with Crippen molar-refractivity contribution >= 4 is 11.8 Å². The Balaban J connectivity index is 1.99. The normalized spacial score (nSPS) is 21.0. The van der Waals surface area contributed by atoms with Crippen molar-refractivity contribution in [3.8, 4) is 5.88 Å². The van der Waals surface area contributed by atoms with Crippen molar-refractivity contribution in [3.63, 3.8) is 0 Å². The van der Waals surface area contributed by atoms with E-state index in [0.717, 1.165) is 12.3 Å². The van der Waals surface area contributed by atoms with Crippen LogP contribution in [0.3, 0.4) is 0 Å². The number of ether oxygens (including phenoxy) is 2. The summed E-state index contributed by atoms with van der Waals surface area (Å²) in [5.41, 5.74) is 1.71. The van der Waals surface area contributed by atoms with Gasteiger partial charge in [-0.15, -0.1) is 0 Å². The number of carbonyl (C=O) groups is 1. The molecule has 7 nitrogen and oxygen atoms in total. The third-order valence-corrected chi connectivity index (χ3v) is 4.77. The Morgan fingerprint density at radius 1 is 1.28 bits per heavy atom. The summed E-state index contributed by atoms with van der Waals surface area (Å²) in [5, 5.41) is 0. The molecule has 0 radical (unpaired) electrons. The topological polar surface area (TPSA) is 99.7 Å². The summed E-state index contributed by atoms with van der Waals surface area (Å²) in [6, 6.07) is 0.529. The largest absolute Gasteiger partial charge is 0.480 e. The molecule has 0 saturated carbocycles. The number of benzene rings is 1. The molecule has 2 heterocycles. The summed E-state index contributed by atoms with van der Waals surface area (Å²) in [6.45, 7) is -1.62. The number of hydrogen-bond donors (Lipinski definition) is 1. The third-order valence-electron chi connectivity index (χ3n) is 4.77. The Hall–Kier alpha value is -3.38. The van der Waals surface area contributed by atoms with Crippen molar-refractivity contribution in [3.05, 3.63) is 53.0 Å². The Morgan fingerprint density at radius 3 is 2.56 bits per heavy atom. The fourth-order valence-corrected chi connectivity index (χ4v) is 3.21. The number of aromatic nitrogens is 2. The van der Waals surface area contributed by atoms with E-state index in [2.05, 4.69) is 19.7 Å². The average molecular weight is 462 g/mol. The standard InChI is InChI=1S/C19H16F6N4O3/c1-31-15-7-27-12(6-28-15)13(30)4-9-2-10(16(22)11(21)3-9)18(8-20)5-14(19(23,24)25)32-17(26)29-18/h2-3,6-7,14H,4-5,8H2,1H3,(H2,26,29)/t14-,18+/m0/s1. The van der Waals surface area contributed by atoms with Crippen molar-refractivity contribution < 1.29 is 40.6 Å². The Morgan fingerprint density at radius 2 is 2.00 bits per heavy atom. The number of halogens is 6. The summed E-state index contributed by atoms with van der Waals surface area (Å²) < 4.78 is 91.7. The van der Waals surface area contributed by atoms with Crippen molar-refractivity contribution in [2.45, 2.75) is 30.7 Å². The second-order valence-corrected chi connectivity index (χ2v) is 6.95. The second kappa shape index (κ2) is 8.63. The number of alkyl halides is 4. The van der Waals surface area contributed by atoms with Crippen LogP contribution in [0.1, 0.15) is 28.0 Å². The van der Waals surface area contributed by atoms with Gasteiger partial charge in [-0.2, -0.15) is 13.2 Å². The third kappa shape index (κ3) is 4.60. The van der Waals surface area contributed by atoms with Gasteiger partial charge in [0.1, 0.15) is 17.9 Å². The van der Waals surface area contributed by atoms with Crippen molar-refractivity contribution in [2.24, 2.45) is 10.7 Å². The van der Waals surface area contributed by atoms with Gasteiger partial charge in [-0.3, -0.25) is 4.79 Å². The molecular weight excluding hydrogens is 446 g/mol. The van der Waals surface area contributed by atoms with E-state index in [1.807, 2.05) is 0 Å². The second-order valence-electron chi connectivity index (χ2n) is 6.95. The molecule has 0 aliphatic carbocycles. The maximum absolute atomic E-state index is 14.6. The summed E-state index contributed by atoms with van der Waals surface area (Å²) in [7, 11) is 1.34. The lowest BCUT2D eigenvalue weighted by atomic mass is 9.83. The quantitative estimate of drug-likeness (QED) is 0.524. The first-order valence-corrected chi connectivity index (χ1v) is 9.01. The van der Waals surface area contributed by atoms with Crippen LogP contribution in [0.5, 0.6) is 5.88 Å². The number of rotatable bonds is 6. The lowest BCUT2D eigenvalue weighted by Crippen LogP contribution is -2.48. The van der Waals surface area contributed by atoms with E-state index in [1.54, 1.807) is 0 Å². The molecule has 32 heavy (non-hydrogen) atoms. The van der Waals surface area contributed by atoms with Crippen molar-refractivity contribution in [1.82, 2.24) is 9.97 Å². The number of methoxy groups -OCH3 is 1. The van der Waals surface area contributed by atoms with E-state index >= 15 is 0 Å². The van der Waals surface area contributed by atoms with Gasteiger partial charge in [-0.05, 0) is 17.7 Å². The highest BCUT2D eigenvalue weighted by molar-refractivity contribution is 5.95. The lowest BCUT2D eigenvalue weighted by molar-refractivity contribution is -0.209. The Bertz CT molecular complexity index is 1040. The van der Waals surface area contributed by atoms with E-state index in [0.29, 0.717) is 6.07 Å². The predicted octanol–water partition coefficient (Wildman–Crippen LogP) is 3.02. The number of ketones is 1. The van der Waals surface area contributed by atoms with Crippen LogP contribution in [0, 0.1) is 11.6 Å². The van der Waals surface area contributed by atoms with Crippen LogP contribution in [-0.4, -0.2) is 47.8 Å². The van der Waals surface area contributed by atoms with E-state index in [9.17, 15) is 31.1 Å². The van der Waals surface area contributed by atoms with E-state index in [1.165, 1.54) is 13.3 Å². The molecule has 13 heteroatoms. The van der Waals surface area contributed by atoms with E-state index < -0.39 is 66.3 Å². The zero-order chi connectivity index (χ0) is 23.7. The first kappa shape index (κ1) is 23.3. The first-order chi connectivity index (χ1) is 15.0. The molecule has 2 N–H and O–H groups in total. The van der Waals surface area contributed by atoms with Crippen LogP contribution >= 0.6 is 0 Å². The van der Waals surface area contributed by atoms with Crippen LogP contribution < -0.4 is 10.5 Å². The number of amidine groups is 1. The minimum Gasteiger partial charge on any atom is -0.480 e. The van der Waals surface area contributed by atoms with Crippen LogP contribution in [0.25, 0.3) is 0 Å². The lowest BCUT2D eigenvalue weighted by Gasteiger charge is -2.36. The predicted molar refractivity (Wildman–Crippen MR) is 97.8 cm³/mol. The van der Waals surface area contributed by atoms with E-state index in [4.69, 9.17) is 10.5 Å². The molecule has 1 aromatic carbocycles. The molecule has 1 aliphatic rings. The Kier molecular flexibility index (Phi) is 6.28. The van der Waals surface area contributed by atoms with Crippen LogP contribution in [0.4, 0.5) is 26.3 Å². The number of hydrogen-bond acceptors (Lipinski definition) is 7. The molecule has 2 atom stereocenters. The molecule has 1 aromatic heterocycles. The molecule has 0 saturated heterocycles. The molecular formula is C19H16F6N4O3. The number of carbonyl (C=O) groups excluding carboxylic acids is 1. The van der Waals surface area contributed by atoms with Gasteiger partial charge in [0.15, 0.2) is 23.5 Å². The maximum Gasteiger partial charge on any atom is 0.425 e. The molecule has 0 unspecified atom stereocenters. The SMILES string of the molecule is COc1cnc(C(=O)Cc2cc(F)c(F)c([C@]3(CF)C[C@@H](C(F)(F)F)OC(N)=N3)c2)cn1. The minimum absolute atomic E-state index is 0.122. The van der Waals surface area contributed by atoms with Gasteiger partial charge in [0.05, 0.1) is 19.5 Å². The molecule has 3 rings (SSSR count). The van der Waals surface area contributed by atoms with Crippen molar-refractivity contribution in [2.75, 3.05) is 13.8 Å². The fourth-order valence-electron chi connectivity index (χ4n) is 3.21. The highest BCUT2D eigenvalue weighted by Gasteiger charge is 2.52. The number of nitrogens with two attached hydrogens (primary N) is 1. The number of aliphatic imine (C=N–C) groups is 1. The van der Waals surface area contributed by atoms with Gasteiger partial charge < -0.3 is 15.2 Å². The van der Waals surface area contributed by atoms with Crippen LogP contribution in [0.2, 0.25) is 0 Å². The van der Waals surface area contributed by atoms with Gasteiger partial charge in [-0.25, -0.2) is 28.1 Å². The summed E-state index contributed by atoms with van der Waals surface area (Å²) >= 11 is 0. The van der Waals surface area contributed by atoms with Crippen LogP contribution in [-0.2, 0) is 16.7 Å². The molecule has 172 valence electrons. The zero-order valence-corrected chi connectivity index (χ0v) is 16.4. The molecule has 0 fully saturated rings. The zero-order valence-electron chi connectivity index (χ0n) is 16.4. The molecule has 0 bridgehead atoms. The monoisotopic (exact) mass is 462 g/mol. The molecule has 0 amide bonds. The van der Waals surface area contributed by atoms with Gasteiger partial charge in [0.2, 0.25) is 5.88 Å². The minimum atomic E-state index is -4.96. The summed E-state index contributed by atoms with van der Waals surface area (Å²) in [5.74, 6) is -3.63. The van der Waals surface area contributed by atoms with Crippen molar-refractivity contribution in [1.29, 1.82) is 0 Å². The molecule has 0 spiro atoms. The summed E-state index contributed by atoms with van der Waals surface area (Å²) in [4.78, 5) is 23.6. The molecule has 2 aromatic rings. The van der Waals surface area contributed by atoms with Gasteiger partial charge in [-0.1, -0.05) is 0 Å². The van der Waals surface area contributed by atoms with Crippen LogP contribution in [0.15, 0.2) is 29.5 Å². The Labute approximate surface area is 177 Å². The average Bonchev–Trinajstić information content (AvgIpc) is 2.75. The number of nitrogens with zero attached hydrogens (tertiary/aromatic N) is 3. The van der Waals surface area contributed by atoms with Gasteiger partial charge >= 0.3 is 6.18 Å². The summed E-state index contributed by atoms with van der Waals surface area (Å²) in [6.07, 6.45) is -6.98. The van der Waals surface area contributed by atoms with E-state index in [-0.39, 0.29) is 17.1 Å². The number of Topliss-reactive ketones (excluding diaryl/α,β-unsaturated/α-hetero) is 1. The van der Waals surface area contributed by atoms with Gasteiger partial charge in [0, 0.05) is 18.4 Å². The highest BCUT2D eigenvalue weighted by Crippen LogP contribution is 2.42. The molecule has 1 aliphatic heterocycles. The first-order valence-electron chi connectivity index (χ1n) is 9.01. The maximum atomic E-state index is 14.6. The smallest absolute Gasteiger partial charge is 0.425 e.